The molecule has 8 nitrogen and oxygen atoms in total. The molecular weight excluding hydrogens is 354 g/mol. The maximum Gasteiger partial charge on any atom is 0.338 e. The Bertz CT molecular complexity index is 630. The molecule has 0 aromatic heterocycles. The fourth-order valence-corrected chi connectivity index (χ4v) is 2.41. The molecule has 150 valence electrons. The number of carbonyl (C=O) groups is 3. The fourth-order valence-electron chi connectivity index (χ4n) is 2.41. The summed E-state index contributed by atoms with van der Waals surface area (Å²) in [6, 6.07) is 3.88. The molecule has 3 N–H and O–H groups in total. The van der Waals surface area contributed by atoms with Crippen molar-refractivity contribution in [2.24, 2.45) is 0 Å². The molecule has 8 heteroatoms. The van der Waals surface area contributed by atoms with Crippen LogP contribution in [0.3, 0.4) is 0 Å². The molecule has 0 radical (unpaired) electrons. The molecule has 27 heavy (non-hydrogen) atoms. The van der Waals surface area contributed by atoms with Crippen molar-refractivity contribution >= 4 is 17.8 Å². The van der Waals surface area contributed by atoms with Gasteiger partial charge < -0.3 is 15.2 Å². The molecule has 1 rings (SSSR count). The lowest BCUT2D eigenvalue weighted by atomic mass is 10.0. The Morgan fingerprint density at radius 1 is 1.11 bits per heavy atom. The first-order chi connectivity index (χ1) is 13.0. The highest BCUT2D eigenvalue weighted by atomic mass is 17.1. The second-order valence-corrected chi connectivity index (χ2v) is 6.10. The van der Waals surface area contributed by atoms with Crippen LogP contribution in [0.5, 0.6) is 0 Å². The number of carboxylic acids is 1. The van der Waals surface area contributed by atoms with Crippen molar-refractivity contribution in [1.29, 1.82) is 0 Å². The maximum atomic E-state index is 12.1. The zero-order valence-corrected chi connectivity index (χ0v) is 15.5. The lowest BCUT2D eigenvalue weighted by molar-refractivity contribution is -0.253. The number of carboxylic acid groups (broad SMARTS) is 1. The van der Waals surface area contributed by atoms with Gasteiger partial charge in [-0.05, 0) is 49.4 Å². The predicted molar refractivity (Wildman–Crippen MR) is 97.5 cm³/mol. The Kier molecular flexibility index (Phi) is 10.7. The van der Waals surface area contributed by atoms with Gasteiger partial charge in [0, 0.05) is 13.0 Å². The number of ether oxygens (including phenoxy) is 1. The van der Waals surface area contributed by atoms with E-state index in [2.05, 4.69) is 17.1 Å². The number of carbonyl (C=O) groups excluding carboxylic acids is 2. The Balaban J connectivity index is 2.36. The molecule has 0 atom stereocenters. The number of benzene rings is 1. The number of hydrogen-bond donors (Lipinski definition) is 3. The number of unbranched alkanes of at least 4 members (excludes halogenated alkanes) is 3. The van der Waals surface area contributed by atoms with E-state index < -0.39 is 11.9 Å². The maximum absolute atomic E-state index is 12.1. The van der Waals surface area contributed by atoms with E-state index in [0.29, 0.717) is 25.8 Å². The van der Waals surface area contributed by atoms with Crippen molar-refractivity contribution in [2.75, 3.05) is 13.2 Å². The van der Waals surface area contributed by atoms with Crippen molar-refractivity contribution in [3.63, 3.8) is 0 Å². The molecule has 0 saturated carbocycles. The van der Waals surface area contributed by atoms with E-state index in [1.165, 1.54) is 18.2 Å². The Morgan fingerprint density at radius 3 is 2.56 bits per heavy atom. The monoisotopic (exact) mass is 381 g/mol. The van der Waals surface area contributed by atoms with Crippen molar-refractivity contribution in [1.82, 2.24) is 5.32 Å². The largest absolute Gasteiger partial charge is 0.478 e. The molecule has 1 amide bonds. The molecule has 0 aliphatic rings. The van der Waals surface area contributed by atoms with Gasteiger partial charge in [-0.2, -0.15) is 0 Å². The molecule has 0 bridgehead atoms. The normalized spacial score (nSPS) is 10.4. The summed E-state index contributed by atoms with van der Waals surface area (Å²) in [5.74, 6) is -1.73. The highest BCUT2D eigenvalue weighted by Crippen LogP contribution is 2.15. The van der Waals surface area contributed by atoms with E-state index in [9.17, 15) is 14.4 Å². The van der Waals surface area contributed by atoms with E-state index in [1.807, 2.05) is 0 Å². The summed E-state index contributed by atoms with van der Waals surface area (Å²) in [4.78, 5) is 38.7. The Labute approximate surface area is 158 Å². The average molecular weight is 381 g/mol. The van der Waals surface area contributed by atoms with Crippen LogP contribution in [0, 0.1) is 0 Å². The van der Waals surface area contributed by atoms with Crippen LogP contribution in [-0.2, 0) is 21.0 Å². The van der Waals surface area contributed by atoms with E-state index in [-0.39, 0.29) is 35.8 Å². The second kappa shape index (κ2) is 12.8. The summed E-state index contributed by atoms with van der Waals surface area (Å²) in [6.07, 6.45) is 4.54. The van der Waals surface area contributed by atoms with Gasteiger partial charge in [-0.25, -0.2) is 14.5 Å². The lowest BCUT2D eigenvalue weighted by Gasteiger charge is -2.10. The third-order valence-electron chi connectivity index (χ3n) is 3.93. The molecular formula is C19H27NO7. The van der Waals surface area contributed by atoms with Crippen LogP contribution in [-0.4, -0.2) is 41.4 Å². The molecule has 0 aliphatic heterocycles. The van der Waals surface area contributed by atoms with Crippen LogP contribution in [0.2, 0.25) is 0 Å². The molecule has 1 aromatic rings. The van der Waals surface area contributed by atoms with Crippen LogP contribution >= 0.6 is 0 Å². The third-order valence-corrected chi connectivity index (χ3v) is 3.93. The Hall–Kier alpha value is -2.45. The molecule has 0 heterocycles. The fraction of sp³-hybridized carbons (Fsp3) is 0.526. The Morgan fingerprint density at radius 2 is 1.89 bits per heavy atom. The van der Waals surface area contributed by atoms with Gasteiger partial charge in [0.15, 0.2) is 0 Å². The predicted octanol–water partition coefficient (Wildman–Crippen LogP) is 3.01. The van der Waals surface area contributed by atoms with Crippen molar-refractivity contribution in [3.8, 4) is 0 Å². The highest BCUT2D eigenvalue weighted by Gasteiger charge is 2.16. The van der Waals surface area contributed by atoms with Gasteiger partial charge >= 0.3 is 11.9 Å². The molecule has 0 saturated heterocycles. The smallest absolute Gasteiger partial charge is 0.338 e. The van der Waals surface area contributed by atoms with Gasteiger partial charge in [-0.1, -0.05) is 13.3 Å². The van der Waals surface area contributed by atoms with Gasteiger partial charge in [0.1, 0.15) is 6.61 Å². The van der Waals surface area contributed by atoms with Crippen LogP contribution in [0.1, 0.15) is 71.7 Å². The number of aromatic carboxylic acids is 1. The van der Waals surface area contributed by atoms with Crippen molar-refractivity contribution in [3.05, 3.63) is 34.9 Å². The van der Waals surface area contributed by atoms with E-state index in [1.54, 1.807) is 0 Å². The minimum Gasteiger partial charge on any atom is -0.478 e. The third kappa shape index (κ3) is 8.65. The summed E-state index contributed by atoms with van der Waals surface area (Å²) in [5, 5.41) is 20.4. The molecule has 0 aliphatic carbocycles. The number of amides is 1. The van der Waals surface area contributed by atoms with E-state index >= 15 is 0 Å². The SMILES string of the molecule is CCCCNC(=O)CCCCCOC(=O)c1ccc(C(=O)O)cc1COO. The topological polar surface area (TPSA) is 122 Å². The number of hydrogen-bond acceptors (Lipinski definition) is 6. The zero-order chi connectivity index (χ0) is 20.1. The standard InChI is InChI=1S/C19H27NO7/c1-2-3-10-20-17(21)7-5-4-6-11-26-19(24)16-9-8-14(18(22)23)12-15(16)13-27-25/h8-9,12,25H,2-7,10-11,13H2,1H3,(H,20,21)(H,22,23). The quantitative estimate of drug-likeness (QED) is 0.208. The van der Waals surface area contributed by atoms with Gasteiger partial charge in [0.05, 0.1) is 17.7 Å². The number of esters is 1. The summed E-state index contributed by atoms with van der Waals surface area (Å²) < 4.78 is 5.18. The van der Waals surface area contributed by atoms with Crippen molar-refractivity contribution < 1.29 is 34.4 Å². The first kappa shape index (κ1) is 22.6. The number of nitrogens with one attached hydrogen (secondary N) is 1. The van der Waals surface area contributed by atoms with Gasteiger partial charge in [-0.3, -0.25) is 10.1 Å². The average Bonchev–Trinajstić information content (AvgIpc) is 2.64. The van der Waals surface area contributed by atoms with Crippen LogP contribution in [0.4, 0.5) is 0 Å². The zero-order valence-electron chi connectivity index (χ0n) is 15.5. The summed E-state index contributed by atoms with van der Waals surface area (Å²) >= 11 is 0. The molecule has 0 unspecified atom stereocenters. The van der Waals surface area contributed by atoms with Crippen LogP contribution in [0.25, 0.3) is 0 Å². The first-order valence-electron chi connectivity index (χ1n) is 9.06. The van der Waals surface area contributed by atoms with E-state index in [4.69, 9.17) is 15.1 Å². The van der Waals surface area contributed by atoms with Crippen LogP contribution in [0.15, 0.2) is 18.2 Å². The molecule has 0 spiro atoms. The van der Waals surface area contributed by atoms with Crippen molar-refractivity contribution in [2.45, 2.75) is 52.1 Å². The van der Waals surface area contributed by atoms with E-state index in [0.717, 1.165) is 19.3 Å². The summed E-state index contributed by atoms with van der Waals surface area (Å²) in [6.45, 7) is 2.64. The minimum absolute atomic E-state index is 0.0178. The first-order valence-corrected chi connectivity index (χ1v) is 9.06. The lowest BCUT2D eigenvalue weighted by Crippen LogP contribution is -2.23. The van der Waals surface area contributed by atoms with Gasteiger partial charge in [0.25, 0.3) is 0 Å². The summed E-state index contributed by atoms with van der Waals surface area (Å²) in [5.41, 5.74) is 0.353. The number of rotatable bonds is 13. The highest BCUT2D eigenvalue weighted by molar-refractivity contribution is 5.94. The van der Waals surface area contributed by atoms with Gasteiger partial charge in [-0.15, -0.1) is 0 Å². The molecule has 1 aromatic carbocycles. The summed E-state index contributed by atoms with van der Waals surface area (Å²) in [7, 11) is 0. The van der Waals surface area contributed by atoms with Crippen LogP contribution < -0.4 is 5.32 Å². The minimum atomic E-state index is -1.15. The molecule has 0 fully saturated rings. The second-order valence-electron chi connectivity index (χ2n) is 6.10. The van der Waals surface area contributed by atoms with Gasteiger partial charge in [0.2, 0.25) is 5.91 Å².